The van der Waals surface area contributed by atoms with E-state index in [1.807, 2.05) is 18.7 Å². The third-order valence-electron chi connectivity index (χ3n) is 3.64. The van der Waals surface area contributed by atoms with Crippen molar-refractivity contribution in [1.29, 1.82) is 0 Å². The van der Waals surface area contributed by atoms with Crippen LogP contribution in [0, 0.1) is 0 Å². The molecular formula is C15H31N3O. The quantitative estimate of drug-likeness (QED) is 0.748. The second-order valence-electron chi connectivity index (χ2n) is 7.14. The van der Waals surface area contributed by atoms with Gasteiger partial charge in [-0.3, -0.25) is 10.1 Å². The Balaban J connectivity index is 2.55. The van der Waals surface area contributed by atoms with Gasteiger partial charge in [-0.1, -0.05) is 13.8 Å². The first-order valence-electron chi connectivity index (χ1n) is 7.46. The molecule has 4 nitrogen and oxygen atoms in total. The molecule has 0 aliphatic carbocycles. The largest absolute Gasteiger partial charge is 0.341 e. The number of hydrogen-bond donors (Lipinski definition) is 2. The van der Waals surface area contributed by atoms with Crippen molar-refractivity contribution in [3.63, 3.8) is 0 Å². The fourth-order valence-corrected chi connectivity index (χ4v) is 2.75. The summed E-state index contributed by atoms with van der Waals surface area (Å²) in [5.41, 5.74) is -0.449. The summed E-state index contributed by atoms with van der Waals surface area (Å²) in [6.07, 6.45) is 2.01. The number of amides is 1. The molecule has 1 rings (SSSR count). The number of hydrogen-bond acceptors (Lipinski definition) is 3. The predicted octanol–water partition coefficient (Wildman–Crippen LogP) is 1.75. The summed E-state index contributed by atoms with van der Waals surface area (Å²) in [4.78, 5) is 14.5. The number of carbonyl (C=O) groups is 1. The molecule has 1 aliphatic heterocycles. The second-order valence-corrected chi connectivity index (χ2v) is 7.14. The van der Waals surface area contributed by atoms with E-state index in [9.17, 15) is 4.79 Å². The lowest BCUT2D eigenvalue weighted by Crippen LogP contribution is -2.56. The Morgan fingerprint density at radius 1 is 1.32 bits per heavy atom. The van der Waals surface area contributed by atoms with Crippen LogP contribution >= 0.6 is 0 Å². The predicted molar refractivity (Wildman–Crippen MR) is 80.2 cm³/mol. The lowest BCUT2D eigenvalue weighted by molar-refractivity contribution is -0.136. The zero-order valence-corrected chi connectivity index (χ0v) is 13.5. The summed E-state index contributed by atoms with van der Waals surface area (Å²) < 4.78 is 0. The summed E-state index contributed by atoms with van der Waals surface area (Å²) in [5, 5.41) is 6.87. The van der Waals surface area contributed by atoms with Gasteiger partial charge in [0.05, 0.1) is 5.54 Å². The molecule has 0 radical (unpaired) electrons. The molecule has 1 fully saturated rings. The van der Waals surface area contributed by atoms with E-state index in [4.69, 9.17) is 0 Å². The molecule has 0 unspecified atom stereocenters. The van der Waals surface area contributed by atoms with Crippen molar-refractivity contribution < 1.29 is 4.79 Å². The van der Waals surface area contributed by atoms with Crippen LogP contribution in [0.5, 0.6) is 0 Å². The van der Waals surface area contributed by atoms with E-state index in [0.29, 0.717) is 6.04 Å². The molecule has 0 atom stereocenters. The summed E-state index contributed by atoms with van der Waals surface area (Å²) >= 11 is 0. The molecule has 1 aliphatic rings. The fourth-order valence-electron chi connectivity index (χ4n) is 2.75. The van der Waals surface area contributed by atoms with Crippen molar-refractivity contribution in [3.05, 3.63) is 0 Å². The highest BCUT2D eigenvalue weighted by Crippen LogP contribution is 2.22. The molecule has 1 heterocycles. The van der Waals surface area contributed by atoms with Crippen molar-refractivity contribution >= 4 is 5.91 Å². The minimum Gasteiger partial charge on any atom is -0.341 e. The molecule has 4 heteroatoms. The van der Waals surface area contributed by atoms with Crippen molar-refractivity contribution in [3.8, 4) is 0 Å². The van der Waals surface area contributed by atoms with Gasteiger partial charge in [0.15, 0.2) is 0 Å². The number of carbonyl (C=O) groups excluding carboxylic acids is 1. The van der Waals surface area contributed by atoms with E-state index in [0.717, 1.165) is 32.5 Å². The maximum Gasteiger partial charge on any atom is 0.242 e. The third kappa shape index (κ3) is 5.11. The maximum atomic E-state index is 12.5. The molecule has 1 saturated heterocycles. The highest BCUT2D eigenvalue weighted by atomic mass is 16.2. The van der Waals surface area contributed by atoms with Crippen LogP contribution in [-0.4, -0.2) is 47.6 Å². The zero-order valence-electron chi connectivity index (χ0n) is 13.5. The van der Waals surface area contributed by atoms with Crippen molar-refractivity contribution in [2.75, 3.05) is 19.6 Å². The molecule has 19 heavy (non-hydrogen) atoms. The Morgan fingerprint density at radius 3 is 2.53 bits per heavy atom. The monoisotopic (exact) mass is 269 g/mol. The van der Waals surface area contributed by atoms with E-state index in [-0.39, 0.29) is 11.4 Å². The SMILES string of the molecule is CC(C)NCCCN1CCC(C)(C)NC(C)(C)C1=O. The maximum absolute atomic E-state index is 12.5. The van der Waals surface area contributed by atoms with Crippen LogP contribution in [0.1, 0.15) is 54.4 Å². The first kappa shape index (κ1) is 16.4. The normalized spacial score (nSPS) is 22.7. The molecule has 2 N–H and O–H groups in total. The van der Waals surface area contributed by atoms with E-state index in [1.165, 1.54) is 0 Å². The van der Waals surface area contributed by atoms with Gasteiger partial charge in [0.2, 0.25) is 5.91 Å². The molecular weight excluding hydrogens is 238 g/mol. The Morgan fingerprint density at radius 2 is 1.95 bits per heavy atom. The van der Waals surface area contributed by atoms with Crippen LogP contribution in [0.2, 0.25) is 0 Å². The summed E-state index contributed by atoms with van der Waals surface area (Å²) in [5.74, 6) is 0.225. The van der Waals surface area contributed by atoms with E-state index < -0.39 is 5.54 Å². The summed E-state index contributed by atoms with van der Waals surface area (Å²) in [6, 6.07) is 0.511. The number of nitrogens with one attached hydrogen (secondary N) is 2. The van der Waals surface area contributed by atoms with Gasteiger partial charge in [0.1, 0.15) is 0 Å². The standard InChI is InChI=1S/C15H31N3O/c1-12(2)16-9-7-10-18-11-8-14(3,4)17-15(5,6)13(18)19/h12,16-17H,7-11H2,1-6H3. The van der Waals surface area contributed by atoms with Crippen LogP contribution in [0.3, 0.4) is 0 Å². The first-order chi connectivity index (χ1) is 8.64. The van der Waals surface area contributed by atoms with Crippen molar-refractivity contribution in [1.82, 2.24) is 15.5 Å². The van der Waals surface area contributed by atoms with Gasteiger partial charge in [0.25, 0.3) is 0 Å². The lowest BCUT2D eigenvalue weighted by atomic mass is 9.96. The smallest absolute Gasteiger partial charge is 0.242 e. The van der Waals surface area contributed by atoms with Gasteiger partial charge in [-0.05, 0) is 47.1 Å². The lowest BCUT2D eigenvalue weighted by Gasteiger charge is -2.33. The highest BCUT2D eigenvalue weighted by Gasteiger charge is 2.39. The molecule has 0 saturated carbocycles. The minimum absolute atomic E-state index is 0.0179. The Labute approximate surface area is 118 Å². The summed E-state index contributed by atoms with van der Waals surface area (Å²) in [6.45, 7) is 15.3. The summed E-state index contributed by atoms with van der Waals surface area (Å²) in [7, 11) is 0. The number of rotatable bonds is 5. The zero-order chi connectivity index (χ0) is 14.7. The van der Waals surface area contributed by atoms with Gasteiger partial charge in [-0.2, -0.15) is 0 Å². The van der Waals surface area contributed by atoms with Crippen LogP contribution in [0.4, 0.5) is 0 Å². The second kappa shape index (κ2) is 6.23. The average Bonchev–Trinajstić information content (AvgIpc) is 2.31. The molecule has 0 aromatic rings. The first-order valence-corrected chi connectivity index (χ1v) is 7.46. The number of nitrogens with zero attached hydrogens (tertiary/aromatic N) is 1. The van der Waals surface area contributed by atoms with Gasteiger partial charge < -0.3 is 10.2 Å². The van der Waals surface area contributed by atoms with Crippen molar-refractivity contribution in [2.24, 2.45) is 0 Å². The van der Waals surface area contributed by atoms with Crippen LogP contribution in [0.15, 0.2) is 0 Å². The van der Waals surface area contributed by atoms with Gasteiger partial charge in [0, 0.05) is 24.7 Å². The topological polar surface area (TPSA) is 44.4 Å². The highest BCUT2D eigenvalue weighted by molar-refractivity contribution is 5.86. The average molecular weight is 269 g/mol. The van der Waals surface area contributed by atoms with Crippen molar-refractivity contribution in [2.45, 2.75) is 71.5 Å². The Bertz CT molecular complexity index is 311. The molecule has 0 aromatic heterocycles. The van der Waals surface area contributed by atoms with Gasteiger partial charge in [-0.25, -0.2) is 0 Å². The van der Waals surface area contributed by atoms with Crippen LogP contribution in [-0.2, 0) is 4.79 Å². The molecule has 1 amide bonds. The molecule has 0 spiro atoms. The van der Waals surface area contributed by atoms with Crippen LogP contribution in [0.25, 0.3) is 0 Å². The molecule has 112 valence electrons. The third-order valence-corrected chi connectivity index (χ3v) is 3.64. The van der Waals surface area contributed by atoms with E-state index in [1.54, 1.807) is 0 Å². The van der Waals surface area contributed by atoms with E-state index >= 15 is 0 Å². The van der Waals surface area contributed by atoms with E-state index in [2.05, 4.69) is 38.3 Å². The molecule has 0 bridgehead atoms. The molecule has 0 aromatic carbocycles. The Hall–Kier alpha value is -0.610. The van der Waals surface area contributed by atoms with Gasteiger partial charge >= 0.3 is 0 Å². The Kier molecular flexibility index (Phi) is 5.39. The van der Waals surface area contributed by atoms with Crippen LogP contribution < -0.4 is 10.6 Å². The van der Waals surface area contributed by atoms with Gasteiger partial charge in [-0.15, -0.1) is 0 Å². The fraction of sp³-hybridized carbons (Fsp3) is 0.933. The minimum atomic E-state index is -0.467.